The Bertz CT molecular complexity index is 558. The van der Waals surface area contributed by atoms with Crippen molar-refractivity contribution in [3.05, 3.63) is 34.7 Å². The fourth-order valence-corrected chi connectivity index (χ4v) is 3.76. The molecule has 0 radical (unpaired) electrons. The molecule has 2 saturated carbocycles. The van der Waals surface area contributed by atoms with E-state index in [1.54, 1.807) is 22.9 Å². The van der Waals surface area contributed by atoms with Gasteiger partial charge in [-0.1, -0.05) is 25.3 Å². The third-order valence-electron chi connectivity index (χ3n) is 5.13. The molecule has 114 valence electrons. The zero-order valence-corrected chi connectivity index (χ0v) is 12.5. The topological polar surface area (TPSA) is 51.1 Å². The summed E-state index contributed by atoms with van der Waals surface area (Å²) in [6.07, 6.45) is 10.1. The van der Waals surface area contributed by atoms with E-state index in [4.69, 9.17) is 0 Å². The Morgan fingerprint density at radius 1 is 1.29 bits per heavy atom. The summed E-state index contributed by atoms with van der Waals surface area (Å²) in [7, 11) is 0. The van der Waals surface area contributed by atoms with Gasteiger partial charge in [0.15, 0.2) is 0 Å². The highest BCUT2D eigenvalue weighted by atomic mass is 16.2. The van der Waals surface area contributed by atoms with Gasteiger partial charge in [-0.2, -0.15) is 0 Å². The molecule has 3 rings (SSSR count). The number of nitrogens with one attached hydrogen (secondary N) is 1. The number of nitrogens with zero attached hydrogens (tertiary/aromatic N) is 1. The molecule has 2 aliphatic rings. The predicted molar refractivity (Wildman–Crippen MR) is 82.0 cm³/mol. The molecule has 4 nitrogen and oxygen atoms in total. The maximum atomic E-state index is 12.2. The molecule has 4 heteroatoms. The molecule has 1 spiro atoms. The first kappa shape index (κ1) is 14.4. The number of carbonyl (C=O) groups excluding carboxylic acids is 1. The number of hydrogen-bond acceptors (Lipinski definition) is 2. The molecule has 0 saturated heterocycles. The molecule has 1 aromatic rings. The molecule has 21 heavy (non-hydrogen) atoms. The van der Waals surface area contributed by atoms with Crippen molar-refractivity contribution >= 4 is 5.91 Å². The lowest BCUT2D eigenvalue weighted by molar-refractivity contribution is -0.123. The van der Waals surface area contributed by atoms with E-state index < -0.39 is 0 Å². The number of carbonyl (C=O) groups is 1. The van der Waals surface area contributed by atoms with Crippen LogP contribution in [0.1, 0.15) is 44.9 Å². The zero-order chi connectivity index (χ0) is 14.7. The van der Waals surface area contributed by atoms with Crippen LogP contribution in [0.4, 0.5) is 0 Å². The number of aryl methyl sites for hydroxylation is 1. The van der Waals surface area contributed by atoms with Crippen LogP contribution < -0.4 is 10.9 Å². The number of pyridine rings is 1. The number of hydrogen-bond donors (Lipinski definition) is 1. The Balaban J connectivity index is 1.39. The second kappa shape index (κ2) is 6.04. The summed E-state index contributed by atoms with van der Waals surface area (Å²) in [6.45, 7) is 1.32. The largest absolute Gasteiger partial charge is 0.356 e. The monoisotopic (exact) mass is 288 g/mol. The van der Waals surface area contributed by atoms with Gasteiger partial charge < -0.3 is 9.88 Å². The highest BCUT2D eigenvalue weighted by Gasteiger charge is 2.57. The zero-order valence-electron chi connectivity index (χ0n) is 12.5. The van der Waals surface area contributed by atoms with Gasteiger partial charge in [-0.3, -0.25) is 9.59 Å². The number of rotatable bonds is 5. The third kappa shape index (κ3) is 3.20. The van der Waals surface area contributed by atoms with Crippen molar-refractivity contribution < 1.29 is 4.79 Å². The number of amides is 1. The highest BCUT2D eigenvalue weighted by molar-refractivity contribution is 5.82. The van der Waals surface area contributed by atoms with Crippen molar-refractivity contribution in [3.8, 4) is 0 Å². The van der Waals surface area contributed by atoms with Crippen LogP contribution in [0.2, 0.25) is 0 Å². The summed E-state index contributed by atoms with van der Waals surface area (Å²) < 4.78 is 1.69. The van der Waals surface area contributed by atoms with E-state index in [0.717, 1.165) is 12.8 Å². The lowest BCUT2D eigenvalue weighted by atomic mass is 9.84. The van der Waals surface area contributed by atoms with Crippen LogP contribution in [0, 0.1) is 11.3 Å². The van der Waals surface area contributed by atoms with Crippen molar-refractivity contribution in [1.82, 2.24) is 9.88 Å². The van der Waals surface area contributed by atoms with Gasteiger partial charge in [0.1, 0.15) is 0 Å². The first-order chi connectivity index (χ1) is 10.2. The molecule has 1 aromatic heterocycles. The van der Waals surface area contributed by atoms with Crippen LogP contribution in [-0.2, 0) is 11.3 Å². The minimum Gasteiger partial charge on any atom is -0.356 e. The van der Waals surface area contributed by atoms with Crippen LogP contribution in [0.25, 0.3) is 0 Å². The lowest BCUT2D eigenvalue weighted by Crippen LogP contribution is -2.30. The SMILES string of the molecule is O=C(NCCCn1ccccc1=O)[C@@H]1CC12CCCCC2. The normalized spacial score (nSPS) is 23.0. The Morgan fingerprint density at radius 2 is 2.10 bits per heavy atom. The van der Waals surface area contributed by atoms with Crippen molar-refractivity contribution in [2.45, 2.75) is 51.5 Å². The van der Waals surface area contributed by atoms with E-state index in [1.807, 2.05) is 6.07 Å². The smallest absolute Gasteiger partial charge is 0.250 e. The molecule has 0 aliphatic heterocycles. The second-order valence-corrected chi connectivity index (χ2v) is 6.56. The maximum absolute atomic E-state index is 12.2. The van der Waals surface area contributed by atoms with E-state index in [0.29, 0.717) is 18.5 Å². The fraction of sp³-hybridized carbons (Fsp3) is 0.647. The summed E-state index contributed by atoms with van der Waals surface area (Å²) in [5.41, 5.74) is 0.380. The summed E-state index contributed by atoms with van der Waals surface area (Å²) in [5, 5.41) is 3.05. The lowest BCUT2D eigenvalue weighted by Gasteiger charge is -2.22. The Labute approximate surface area is 125 Å². The molecule has 0 aromatic carbocycles. The first-order valence-electron chi connectivity index (χ1n) is 8.14. The minimum absolute atomic E-state index is 0.0205. The average Bonchev–Trinajstić information content (AvgIpc) is 3.19. The highest BCUT2D eigenvalue weighted by Crippen LogP contribution is 2.61. The molecule has 1 N–H and O–H groups in total. The van der Waals surface area contributed by atoms with Crippen molar-refractivity contribution in [1.29, 1.82) is 0 Å². The molecule has 2 aliphatic carbocycles. The molecule has 2 fully saturated rings. The average molecular weight is 288 g/mol. The molecular weight excluding hydrogens is 264 g/mol. The van der Waals surface area contributed by atoms with Crippen LogP contribution in [0.3, 0.4) is 0 Å². The van der Waals surface area contributed by atoms with E-state index in [-0.39, 0.29) is 17.4 Å². The van der Waals surface area contributed by atoms with E-state index >= 15 is 0 Å². The predicted octanol–water partition coefficient (Wildman–Crippen LogP) is 2.32. The molecule has 1 amide bonds. The minimum atomic E-state index is 0.0205. The van der Waals surface area contributed by atoms with Gasteiger partial charge in [-0.15, -0.1) is 0 Å². The van der Waals surface area contributed by atoms with Gasteiger partial charge in [-0.05, 0) is 37.2 Å². The van der Waals surface area contributed by atoms with Gasteiger partial charge >= 0.3 is 0 Å². The summed E-state index contributed by atoms with van der Waals surface area (Å²) in [5.74, 6) is 0.495. The number of aromatic nitrogens is 1. The fourth-order valence-electron chi connectivity index (χ4n) is 3.76. The molecular formula is C17H24N2O2. The van der Waals surface area contributed by atoms with Crippen LogP contribution >= 0.6 is 0 Å². The van der Waals surface area contributed by atoms with Crippen molar-refractivity contribution in [2.24, 2.45) is 11.3 Å². The quantitative estimate of drug-likeness (QED) is 0.845. The van der Waals surface area contributed by atoms with Crippen LogP contribution in [0.5, 0.6) is 0 Å². The Kier molecular flexibility index (Phi) is 4.13. The Morgan fingerprint density at radius 3 is 2.86 bits per heavy atom. The van der Waals surface area contributed by atoms with Crippen LogP contribution in [0.15, 0.2) is 29.2 Å². The van der Waals surface area contributed by atoms with Gasteiger partial charge in [-0.25, -0.2) is 0 Å². The second-order valence-electron chi connectivity index (χ2n) is 6.56. The van der Waals surface area contributed by atoms with Gasteiger partial charge in [0.2, 0.25) is 11.5 Å². The standard InChI is InChI=1S/C17H24N2O2/c20-15-7-2-5-11-19(15)12-6-10-18-16(21)14-13-17(14)8-3-1-4-9-17/h2,5,7,11,14H,1,3-4,6,8-10,12-13H2,(H,18,21)/t14-/m0/s1. The Hall–Kier alpha value is -1.58. The molecule has 0 unspecified atom stereocenters. The van der Waals surface area contributed by atoms with Crippen molar-refractivity contribution in [2.75, 3.05) is 6.54 Å². The summed E-state index contributed by atoms with van der Waals surface area (Å²) in [4.78, 5) is 23.7. The molecule has 1 heterocycles. The van der Waals surface area contributed by atoms with Gasteiger partial charge in [0.05, 0.1) is 0 Å². The first-order valence-corrected chi connectivity index (χ1v) is 8.14. The van der Waals surface area contributed by atoms with Crippen LogP contribution in [-0.4, -0.2) is 17.0 Å². The van der Waals surface area contributed by atoms with Gasteiger partial charge in [0.25, 0.3) is 0 Å². The molecule has 0 bridgehead atoms. The maximum Gasteiger partial charge on any atom is 0.250 e. The third-order valence-corrected chi connectivity index (χ3v) is 5.13. The van der Waals surface area contributed by atoms with E-state index in [9.17, 15) is 9.59 Å². The van der Waals surface area contributed by atoms with E-state index in [1.165, 1.54) is 32.1 Å². The summed E-state index contributed by atoms with van der Waals surface area (Å²) in [6, 6.07) is 5.17. The van der Waals surface area contributed by atoms with Gasteiger partial charge in [0, 0.05) is 31.3 Å². The van der Waals surface area contributed by atoms with Crippen molar-refractivity contribution in [3.63, 3.8) is 0 Å². The summed E-state index contributed by atoms with van der Waals surface area (Å²) >= 11 is 0. The van der Waals surface area contributed by atoms with E-state index in [2.05, 4.69) is 5.32 Å². The molecule has 1 atom stereocenters.